The highest BCUT2D eigenvalue weighted by atomic mass is 16.3. The van der Waals surface area contributed by atoms with E-state index in [0.29, 0.717) is 17.1 Å². The van der Waals surface area contributed by atoms with E-state index >= 15 is 0 Å². The fraction of sp³-hybridized carbons (Fsp3) is 0.436. The Labute approximate surface area is 243 Å². The number of aryl methyl sites for hydroxylation is 1. The average molecular weight is 541 g/mol. The number of fused-ring (bicyclic) bond motifs is 6. The molecule has 0 aromatic heterocycles. The third kappa shape index (κ3) is 2.93. The first kappa shape index (κ1) is 24.5. The first-order valence-corrected chi connectivity index (χ1v) is 16.1. The van der Waals surface area contributed by atoms with Crippen molar-refractivity contribution in [2.45, 2.75) is 88.1 Å². The van der Waals surface area contributed by atoms with E-state index in [1.807, 2.05) is 12.1 Å². The van der Waals surface area contributed by atoms with Gasteiger partial charge in [-0.25, -0.2) is 0 Å². The molecule has 4 atom stereocenters. The Hall–Kier alpha value is -3.10. The summed E-state index contributed by atoms with van der Waals surface area (Å²) in [4.78, 5) is 0. The van der Waals surface area contributed by atoms with E-state index in [9.17, 15) is 10.2 Å². The molecule has 2 nitrogen and oxygen atoms in total. The van der Waals surface area contributed by atoms with Crippen molar-refractivity contribution in [2.75, 3.05) is 0 Å². The molecule has 2 N–H and O–H groups in total. The van der Waals surface area contributed by atoms with Gasteiger partial charge in [-0.1, -0.05) is 73.7 Å². The molecule has 0 aliphatic heterocycles. The van der Waals surface area contributed by atoms with Crippen LogP contribution in [-0.2, 0) is 11.8 Å². The lowest BCUT2D eigenvalue weighted by atomic mass is 9.48. The zero-order chi connectivity index (χ0) is 27.6. The van der Waals surface area contributed by atoms with Gasteiger partial charge in [0.15, 0.2) is 0 Å². The molecule has 208 valence electrons. The highest BCUT2D eigenvalue weighted by molar-refractivity contribution is 5.95. The van der Waals surface area contributed by atoms with E-state index in [0.717, 1.165) is 25.2 Å². The van der Waals surface area contributed by atoms with E-state index in [4.69, 9.17) is 0 Å². The Morgan fingerprint density at radius 2 is 1.66 bits per heavy atom. The zero-order valence-corrected chi connectivity index (χ0v) is 24.1. The Balaban J connectivity index is 0.000000118. The Kier molecular flexibility index (Phi) is 4.80. The highest BCUT2D eigenvalue weighted by Gasteiger charge is 2.73. The number of aromatic hydroxyl groups is 1. The minimum absolute atomic E-state index is 0.148. The van der Waals surface area contributed by atoms with Crippen LogP contribution in [0, 0.1) is 16.7 Å². The van der Waals surface area contributed by atoms with E-state index < -0.39 is 0 Å². The molecule has 7 aliphatic carbocycles. The third-order valence-corrected chi connectivity index (χ3v) is 13.5. The average Bonchev–Trinajstić information content (AvgIpc) is 3.69. The van der Waals surface area contributed by atoms with Crippen molar-refractivity contribution < 1.29 is 10.2 Å². The molecule has 0 heterocycles. The van der Waals surface area contributed by atoms with Crippen molar-refractivity contribution in [2.24, 2.45) is 16.7 Å². The van der Waals surface area contributed by atoms with Gasteiger partial charge >= 0.3 is 0 Å². The molecule has 4 bridgehead atoms. The maximum atomic E-state index is 11.2. The maximum absolute atomic E-state index is 11.2. The molecule has 0 spiro atoms. The van der Waals surface area contributed by atoms with Crippen molar-refractivity contribution in [1.82, 2.24) is 0 Å². The summed E-state index contributed by atoms with van der Waals surface area (Å²) < 4.78 is 0. The summed E-state index contributed by atoms with van der Waals surface area (Å²) in [6.07, 6.45) is 21.2. The zero-order valence-electron chi connectivity index (χ0n) is 24.1. The molecule has 3 aromatic rings. The number of rotatable bonds is 0. The standard InChI is InChI=1S/C20H26O2.C19H14/c1-18-7-6-16-15-4-3-14(21)12-13(15)2-5-17(16)19(18)8-10-20(18,22)11-9-19;1-2-4-15-13(3-1)5-7-18-16(15)6-8-17-14-9-11-19(17,18)12-10-14/h3-4,12,16-17,21-22H,2,5-11H2,1H3;1-9,11H,10,12H2/t16-,17-,18+,19?,20?;/m1./s1. The minimum atomic E-state index is -0.382. The predicted molar refractivity (Wildman–Crippen MR) is 166 cm³/mol. The van der Waals surface area contributed by atoms with Gasteiger partial charge in [-0.3, -0.25) is 0 Å². The van der Waals surface area contributed by atoms with E-state index in [1.165, 1.54) is 78.0 Å². The lowest BCUT2D eigenvalue weighted by Gasteiger charge is -2.56. The molecule has 0 saturated heterocycles. The molecule has 7 aliphatic rings. The molecule has 41 heavy (non-hydrogen) atoms. The SMILES string of the molecule is C1=CC23CCC1=C2C=Cc1c3ccc2ccccc12.C[C@]12CC[C@@H]3c4ccc(O)cc4CC[C@H]3C13CCC2(O)CC3. The van der Waals surface area contributed by atoms with Crippen LogP contribution in [0.4, 0.5) is 0 Å². The highest BCUT2D eigenvalue weighted by Crippen LogP contribution is 2.77. The van der Waals surface area contributed by atoms with Gasteiger partial charge in [0.2, 0.25) is 0 Å². The van der Waals surface area contributed by atoms with Crippen LogP contribution in [0.1, 0.15) is 92.9 Å². The lowest BCUT2D eigenvalue weighted by molar-refractivity contribution is -0.101. The van der Waals surface area contributed by atoms with Crippen LogP contribution in [0.5, 0.6) is 5.75 Å². The number of phenols is 1. The van der Waals surface area contributed by atoms with Crippen molar-refractivity contribution in [3.05, 3.63) is 106 Å². The molecular formula is C39H40O2. The summed E-state index contributed by atoms with van der Waals surface area (Å²) in [6, 6.07) is 19.4. The molecule has 1 unspecified atom stereocenters. The predicted octanol–water partition coefficient (Wildman–Crippen LogP) is 8.91. The summed E-state index contributed by atoms with van der Waals surface area (Å²) in [6.45, 7) is 2.40. The first-order chi connectivity index (χ1) is 19.9. The van der Waals surface area contributed by atoms with Gasteiger partial charge in [0.1, 0.15) is 5.75 Å². The Bertz CT molecular complexity index is 1710. The maximum Gasteiger partial charge on any atom is 0.115 e. The third-order valence-electron chi connectivity index (χ3n) is 13.5. The van der Waals surface area contributed by atoms with Crippen LogP contribution in [0.3, 0.4) is 0 Å². The molecule has 3 aromatic carbocycles. The molecular weight excluding hydrogens is 500 g/mol. The fourth-order valence-electron chi connectivity index (χ4n) is 11.4. The monoisotopic (exact) mass is 540 g/mol. The quantitative estimate of drug-likeness (QED) is 0.299. The summed E-state index contributed by atoms with van der Waals surface area (Å²) in [5.74, 6) is 1.80. The molecule has 3 fully saturated rings. The Morgan fingerprint density at radius 3 is 2.49 bits per heavy atom. The van der Waals surface area contributed by atoms with Crippen LogP contribution in [0.25, 0.3) is 16.8 Å². The lowest BCUT2D eigenvalue weighted by Crippen LogP contribution is -2.51. The second-order valence-corrected chi connectivity index (χ2v) is 14.5. The van der Waals surface area contributed by atoms with Gasteiger partial charge in [-0.2, -0.15) is 0 Å². The van der Waals surface area contributed by atoms with Crippen molar-refractivity contribution in [1.29, 1.82) is 0 Å². The topological polar surface area (TPSA) is 40.5 Å². The summed E-state index contributed by atoms with van der Waals surface area (Å²) in [5, 5.41) is 23.7. The van der Waals surface area contributed by atoms with Crippen molar-refractivity contribution in [3.63, 3.8) is 0 Å². The van der Waals surface area contributed by atoms with Gasteiger partial charge in [-0.05, 0) is 138 Å². The van der Waals surface area contributed by atoms with Crippen LogP contribution in [0.15, 0.2) is 84.0 Å². The molecule has 3 saturated carbocycles. The number of hydrogen-bond acceptors (Lipinski definition) is 2. The molecule has 10 rings (SSSR count). The van der Waals surface area contributed by atoms with Crippen LogP contribution >= 0.6 is 0 Å². The van der Waals surface area contributed by atoms with E-state index in [1.54, 1.807) is 11.1 Å². The van der Waals surface area contributed by atoms with Crippen molar-refractivity contribution >= 4 is 16.8 Å². The molecule has 0 radical (unpaired) electrons. The minimum Gasteiger partial charge on any atom is -0.508 e. The number of allylic oxidation sites excluding steroid dienone is 5. The van der Waals surface area contributed by atoms with Crippen LogP contribution in [-0.4, -0.2) is 15.8 Å². The number of hydrogen-bond donors (Lipinski definition) is 2. The smallest absolute Gasteiger partial charge is 0.115 e. The molecule has 0 amide bonds. The van der Waals surface area contributed by atoms with Gasteiger partial charge in [0.25, 0.3) is 0 Å². The number of benzene rings is 3. The van der Waals surface area contributed by atoms with Gasteiger partial charge in [-0.15, -0.1) is 0 Å². The van der Waals surface area contributed by atoms with Crippen LogP contribution < -0.4 is 0 Å². The number of aliphatic hydroxyl groups is 1. The van der Waals surface area contributed by atoms with E-state index in [2.05, 4.69) is 73.7 Å². The second-order valence-electron chi connectivity index (χ2n) is 14.5. The number of phenolic OH excluding ortho intramolecular Hbond substituents is 1. The summed E-state index contributed by atoms with van der Waals surface area (Å²) in [5.41, 5.74) is 9.24. The largest absolute Gasteiger partial charge is 0.508 e. The second kappa shape index (κ2) is 8.04. The van der Waals surface area contributed by atoms with Gasteiger partial charge in [0.05, 0.1) is 5.60 Å². The van der Waals surface area contributed by atoms with Crippen LogP contribution in [0.2, 0.25) is 0 Å². The van der Waals surface area contributed by atoms with Crippen molar-refractivity contribution in [3.8, 4) is 5.75 Å². The van der Waals surface area contributed by atoms with Gasteiger partial charge < -0.3 is 10.2 Å². The summed E-state index contributed by atoms with van der Waals surface area (Å²) in [7, 11) is 0. The fourth-order valence-corrected chi connectivity index (χ4v) is 11.4. The normalized spacial score (nSPS) is 38.2. The van der Waals surface area contributed by atoms with E-state index in [-0.39, 0.29) is 16.4 Å². The summed E-state index contributed by atoms with van der Waals surface area (Å²) >= 11 is 0. The van der Waals surface area contributed by atoms with Gasteiger partial charge in [0, 0.05) is 10.8 Å². The Morgan fingerprint density at radius 1 is 0.805 bits per heavy atom. The molecule has 2 heteroatoms. The first-order valence-electron chi connectivity index (χ1n) is 16.1.